The fourth-order valence-electron chi connectivity index (χ4n) is 2.74. The SMILES string of the molecule is COC(C)CN1CC(C)(C)NCC1C1CC1. The van der Waals surface area contributed by atoms with E-state index >= 15 is 0 Å². The standard InChI is InChI=1S/C13H26N2O/c1-10(16-4)8-15-9-13(2,3)14-7-12(15)11-5-6-11/h10-12,14H,5-9H2,1-4H3. The average Bonchev–Trinajstić information content (AvgIpc) is 3.00. The molecule has 1 heterocycles. The highest BCUT2D eigenvalue weighted by molar-refractivity contribution is 4.98. The lowest BCUT2D eigenvalue weighted by Gasteiger charge is -2.45. The molecule has 2 rings (SSSR count). The Balaban J connectivity index is 1.96. The van der Waals surface area contributed by atoms with Gasteiger partial charge in [0.1, 0.15) is 0 Å². The molecular formula is C13H26N2O. The summed E-state index contributed by atoms with van der Waals surface area (Å²) in [4.78, 5) is 2.64. The van der Waals surface area contributed by atoms with Gasteiger partial charge in [-0.2, -0.15) is 0 Å². The lowest BCUT2D eigenvalue weighted by Crippen LogP contribution is -2.63. The van der Waals surface area contributed by atoms with Crippen LogP contribution in [0, 0.1) is 5.92 Å². The van der Waals surface area contributed by atoms with E-state index in [1.807, 2.05) is 7.11 Å². The third-order valence-electron chi connectivity index (χ3n) is 3.92. The molecular weight excluding hydrogens is 200 g/mol. The van der Waals surface area contributed by atoms with E-state index in [4.69, 9.17) is 4.74 Å². The number of methoxy groups -OCH3 is 1. The van der Waals surface area contributed by atoms with Crippen LogP contribution >= 0.6 is 0 Å². The van der Waals surface area contributed by atoms with Crippen molar-refractivity contribution in [2.75, 3.05) is 26.7 Å². The molecule has 1 saturated carbocycles. The first-order valence-electron chi connectivity index (χ1n) is 6.54. The first kappa shape index (κ1) is 12.3. The molecule has 0 aromatic carbocycles. The number of hydrogen-bond donors (Lipinski definition) is 1. The molecule has 0 aromatic heterocycles. The van der Waals surface area contributed by atoms with Crippen LogP contribution in [0.3, 0.4) is 0 Å². The van der Waals surface area contributed by atoms with E-state index in [0.717, 1.165) is 31.6 Å². The second kappa shape index (κ2) is 4.63. The van der Waals surface area contributed by atoms with Crippen LogP contribution < -0.4 is 5.32 Å². The van der Waals surface area contributed by atoms with Crippen LogP contribution in [0.1, 0.15) is 33.6 Å². The van der Waals surface area contributed by atoms with Gasteiger partial charge in [-0.25, -0.2) is 0 Å². The molecule has 0 aromatic rings. The van der Waals surface area contributed by atoms with E-state index < -0.39 is 0 Å². The Morgan fingerprint density at radius 3 is 2.69 bits per heavy atom. The van der Waals surface area contributed by atoms with Crippen LogP contribution in [0.4, 0.5) is 0 Å². The highest BCUT2D eigenvalue weighted by atomic mass is 16.5. The van der Waals surface area contributed by atoms with Crippen molar-refractivity contribution in [3.8, 4) is 0 Å². The second-order valence-electron chi connectivity index (χ2n) is 6.15. The largest absolute Gasteiger partial charge is 0.380 e. The van der Waals surface area contributed by atoms with Crippen LogP contribution in [0.2, 0.25) is 0 Å². The van der Waals surface area contributed by atoms with Gasteiger partial charge in [-0.15, -0.1) is 0 Å². The summed E-state index contributed by atoms with van der Waals surface area (Å²) in [6.45, 7) is 10.1. The molecule has 0 amide bonds. The minimum atomic E-state index is 0.249. The van der Waals surface area contributed by atoms with E-state index in [-0.39, 0.29) is 5.54 Å². The molecule has 1 aliphatic carbocycles. The maximum absolute atomic E-state index is 5.41. The normalized spacial score (nSPS) is 32.6. The van der Waals surface area contributed by atoms with Crippen LogP contribution in [-0.2, 0) is 4.74 Å². The van der Waals surface area contributed by atoms with Crippen LogP contribution in [0.5, 0.6) is 0 Å². The van der Waals surface area contributed by atoms with Crippen molar-refractivity contribution in [3.05, 3.63) is 0 Å². The van der Waals surface area contributed by atoms with Gasteiger partial charge in [-0.1, -0.05) is 0 Å². The molecule has 3 nitrogen and oxygen atoms in total. The Kier molecular flexibility index (Phi) is 3.57. The summed E-state index contributed by atoms with van der Waals surface area (Å²) in [5, 5.41) is 3.67. The molecule has 2 aliphatic rings. The summed E-state index contributed by atoms with van der Waals surface area (Å²) in [6.07, 6.45) is 3.19. The van der Waals surface area contributed by atoms with Crippen molar-refractivity contribution in [2.45, 2.75) is 51.3 Å². The van der Waals surface area contributed by atoms with Crippen LogP contribution in [0.25, 0.3) is 0 Å². The fourth-order valence-corrected chi connectivity index (χ4v) is 2.74. The summed E-state index contributed by atoms with van der Waals surface area (Å²) in [5.74, 6) is 0.938. The lowest BCUT2D eigenvalue weighted by atomic mass is 9.96. The molecule has 0 radical (unpaired) electrons. The minimum absolute atomic E-state index is 0.249. The van der Waals surface area contributed by atoms with E-state index in [2.05, 4.69) is 31.0 Å². The number of rotatable bonds is 4. The summed E-state index contributed by atoms with van der Waals surface area (Å²) < 4.78 is 5.41. The first-order chi connectivity index (χ1) is 7.52. The van der Waals surface area contributed by atoms with E-state index in [1.165, 1.54) is 12.8 Å². The van der Waals surface area contributed by atoms with E-state index in [9.17, 15) is 0 Å². The second-order valence-corrected chi connectivity index (χ2v) is 6.15. The van der Waals surface area contributed by atoms with Crippen molar-refractivity contribution in [1.82, 2.24) is 10.2 Å². The van der Waals surface area contributed by atoms with Crippen LogP contribution in [0.15, 0.2) is 0 Å². The van der Waals surface area contributed by atoms with Gasteiger partial charge in [0, 0.05) is 38.3 Å². The van der Waals surface area contributed by atoms with Gasteiger partial charge in [0.05, 0.1) is 6.10 Å². The Morgan fingerprint density at radius 2 is 2.12 bits per heavy atom. The van der Waals surface area contributed by atoms with E-state index in [1.54, 1.807) is 0 Å². The lowest BCUT2D eigenvalue weighted by molar-refractivity contribution is 0.0214. The summed E-state index contributed by atoms with van der Waals surface area (Å²) in [5.41, 5.74) is 0.249. The molecule has 3 heteroatoms. The molecule has 0 spiro atoms. The highest BCUT2D eigenvalue weighted by Gasteiger charge is 2.41. The van der Waals surface area contributed by atoms with Gasteiger partial charge in [0.25, 0.3) is 0 Å². The minimum Gasteiger partial charge on any atom is -0.380 e. The quantitative estimate of drug-likeness (QED) is 0.786. The highest BCUT2D eigenvalue weighted by Crippen LogP contribution is 2.37. The molecule has 1 saturated heterocycles. The number of piperazine rings is 1. The Hall–Kier alpha value is -0.120. The van der Waals surface area contributed by atoms with Crippen molar-refractivity contribution in [3.63, 3.8) is 0 Å². The number of nitrogens with zero attached hydrogens (tertiary/aromatic N) is 1. The zero-order valence-electron chi connectivity index (χ0n) is 11.1. The molecule has 16 heavy (non-hydrogen) atoms. The van der Waals surface area contributed by atoms with Crippen molar-refractivity contribution < 1.29 is 4.74 Å². The van der Waals surface area contributed by atoms with Crippen molar-refractivity contribution >= 4 is 0 Å². The van der Waals surface area contributed by atoms with Gasteiger partial charge in [-0.05, 0) is 39.5 Å². The third kappa shape index (κ3) is 2.96. The Morgan fingerprint density at radius 1 is 1.44 bits per heavy atom. The van der Waals surface area contributed by atoms with Gasteiger partial charge < -0.3 is 10.1 Å². The average molecular weight is 226 g/mol. The monoisotopic (exact) mass is 226 g/mol. The molecule has 2 atom stereocenters. The predicted molar refractivity (Wildman–Crippen MR) is 66.6 cm³/mol. The Bertz CT molecular complexity index is 238. The third-order valence-corrected chi connectivity index (χ3v) is 3.92. The first-order valence-corrected chi connectivity index (χ1v) is 6.54. The summed E-state index contributed by atoms with van der Waals surface area (Å²) in [7, 11) is 1.81. The maximum atomic E-state index is 5.41. The molecule has 2 fully saturated rings. The Labute approximate surface area is 99.5 Å². The van der Waals surface area contributed by atoms with Gasteiger partial charge >= 0.3 is 0 Å². The molecule has 1 N–H and O–H groups in total. The predicted octanol–water partition coefficient (Wildman–Crippen LogP) is 1.48. The molecule has 94 valence electrons. The number of ether oxygens (including phenoxy) is 1. The zero-order valence-corrected chi connectivity index (χ0v) is 11.1. The number of nitrogens with one attached hydrogen (secondary N) is 1. The fraction of sp³-hybridized carbons (Fsp3) is 1.00. The maximum Gasteiger partial charge on any atom is 0.0670 e. The van der Waals surface area contributed by atoms with Crippen molar-refractivity contribution in [1.29, 1.82) is 0 Å². The van der Waals surface area contributed by atoms with Gasteiger partial charge in [0.15, 0.2) is 0 Å². The smallest absolute Gasteiger partial charge is 0.0670 e. The molecule has 1 aliphatic heterocycles. The zero-order chi connectivity index (χ0) is 11.8. The van der Waals surface area contributed by atoms with E-state index in [0.29, 0.717) is 6.10 Å². The van der Waals surface area contributed by atoms with Gasteiger partial charge in [0.2, 0.25) is 0 Å². The number of hydrogen-bond acceptors (Lipinski definition) is 3. The van der Waals surface area contributed by atoms with Crippen LogP contribution in [-0.4, -0.2) is 49.3 Å². The van der Waals surface area contributed by atoms with Crippen molar-refractivity contribution in [2.24, 2.45) is 5.92 Å². The van der Waals surface area contributed by atoms with Gasteiger partial charge in [-0.3, -0.25) is 4.90 Å². The summed E-state index contributed by atoms with van der Waals surface area (Å²) >= 11 is 0. The molecule has 2 unspecified atom stereocenters. The summed E-state index contributed by atoms with van der Waals surface area (Å²) in [6, 6.07) is 0.741. The molecule has 0 bridgehead atoms. The topological polar surface area (TPSA) is 24.5 Å².